The second-order valence-electron chi connectivity index (χ2n) is 9.79. The summed E-state index contributed by atoms with van der Waals surface area (Å²) in [6.07, 6.45) is 3.46. The van der Waals surface area contributed by atoms with Gasteiger partial charge in [-0.2, -0.15) is 0 Å². The number of pyridine rings is 1. The van der Waals surface area contributed by atoms with E-state index < -0.39 is 0 Å². The number of nitrogens with one attached hydrogen (secondary N) is 1. The van der Waals surface area contributed by atoms with Gasteiger partial charge in [-0.05, 0) is 67.5 Å². The molecule has 0 bridgehead atoms. The number of esters is 1. The average Bonchev–Trinajstić information content (AvgIpc) is 3.54. The first-order valence-corrected chi connectivity index (χ1v) is 13.8. The fourth-order valence-electron chi connectivity index (χ4n) is 5.06. The highest BCUT2D eigenvalue weighted by atomic mass is 32.1. The second kappa shape index (κ2) is 10.1. The number of ether oxygens (including phenoxy) is 3. The van der Waals surface area contributed by atoms with Gasteiger partial charge in [0, 0.05) is 15.8 Å². The van der Waals surface area contributed by atoms with Crippen LogP contribution in [0.15, 0.2) is 48.5 Å². The summed E-state index contributed by atoms with van der Waals surface area (Å²) in [6, 6.07) is 15.0. The molecule has 38 heavy (non-hydrogen) atoms. The van der Waals surface area contributed by atoms with Crippen molar-refractivity contribution in [3.63, 3.8) is 0 Å². The van der Waals surface area contributed by atoms with E-state index in [1.54, 1.807) is 6.07 Å². The summed E-state index contributed by atoms with van der Waals surface area (Å²) >= 11 is 1.49. The smallest absolute Gasteiger partial charge is 0.341 e. The first-order valence-electron chi connectivity index (χ1n) is 12.9. The zero-order valence-corrected chi connectivity index (χ0v) is 22.2. The topological polar surface area (TPSA) is 86.8 Å². The molecule has 2 aromatic carbocycles. The van der Waals surface area contributed by atoms with Gasteiger partial charge in [0.05, 0.1) is 28.9 Å². The molecule has 1 aliphatic heterocycles. The van der Waals surface area contributed by atoms with Gasteiger partial charge in [-0.25, -0.2) is 9.78 Å². The Balaban J connectivity index is 1.40. The molecule has 7 nitrogen and oxygen atoms in total. The van der Waals surface area contributed by atoms with Crippen LogP contribution in [0.5, 0.6) is 11.5 Å². The zero-order valence-electron chi connectivity index (χ0n) is 21.3. The lowest BCUT2D eigenvalue weighted by atomic mass is 9.88. The third-order valence-corrected chi connectivity index (χ3v) is 8.18. The quantitative estimate of drug-likeness (QED) is 0.283. The normalized spacial score (nSPS) is 15.8. The second-order valence-corrected chi connectivity index (χ2v) is 10.9. The van der Waals surface area contributed by atoms with Crippen LogP contribution in [0, 0.1) is 5.92 Å². The molecule has 2 aromatic heterocycles. The van der Waals surface area contributed by atoms with Crippen LogP contribution >= 0.6 is 11.3 Å². The van der Waals surface area contributed by atoms with Gasteiger partial charge in [0.25, 0.3) is 5.91 Å². The fourth-order valence-corrected chi connectivity index (χ4v) is 6.45. The van der Waals surface area contributed by atoms with Gasteiger partial charge in [0.1, 0.15) is 5.00 Å². The Morgan fingerprint density at radius 2 is 1.97 bits per heavy atom. The highest BCUT2D eigenvalue weighted by Crippen LogP contribution is 2.41. The van der Waals surface area contributed by atoms with Crippen LogP contribution < -0.4 is 14.8 Å². The van der Waals surface area contributed by atoms with Gasteiger partial charge < -0.3 is 19.5 Å². The molecule has 6 rings (SSSR count). The number of hydrogen-bond acceptors (Lipinski definition) is 7. The largest absolute Gasteiger partial charge is 0.462 e. The maximum Gasteiger partial charge on any atom is 0.341 e. The van der Waals surface area contributed by atoms with Crippen LogP contribution in [-0.2, 0) is 17.6 Å². The number of nitrogens with zero attached hydrogens (tertiary/aromatic N) is 1. The lowest BCUT2D eigenvalue weighted by molar-refractivity contribution is 0.0505. The van der Waals surface area contributed by atoms with Gasteiger partial charge in [0.2, 0.25) is 6.79 Å². The molecule has 8 heteroatoms. The number of aromatic nitrogens is 1. The summed E-state index contributed by atoms with van der Waals surface area (Å²) in [5, 5.41) is 4.37. The maximum atomic E-state index is 13.8. The third kappa shape index (κ3) is 4.49. The molecular weight excluding hydrogens is 500 g/mol. The monoisotopic (exact) mass is 528 g/mol. The number of hydrogen-bond donors (Lipinski definition) is 1. The molecule has 194 valence electrons. The van der Waals surface area contributed by atoms with Gasteiger partial charge in [-0.3, -0.25) is 4.79 Å². The molecule has 1 atom stereocenters. The van der Waals surface area contributed by atoms with Gasteiger partial charge in [-0.1, -0.05) is 32.0 Å². The SMILES string of the molecule is CCCOC(=O)c1c(NC(=O)c2cc(-c3ccc4c(c3)OCO4)nc3ccccc23)sc2c1CCC(C)C2. The minimum Gasteiger partial charge on any atom is -0.462 e. The molecule has 0 saturated heterocycles. The lowest BCUT2D eigenvalue weighted by Crippen LogP contribution is -2.17. The Hall–Kier alpha value is -3.91. The summed E-state index contributed by atoms with van der Waals surface area (Å²) in [6.45, 7) is 4.72. The number of rotatable bonds is 6. The van der Waals surface area contributed by atoms with Crippen molar-refractivity contribution >= 4 is 39.1 Å². The number of fused-ring (bicyclic) bond motifs is 3. The standard InChI is InChI=1S/C30H28N2O5S/c1-3-12-35-30(34)27-20-10-8-17(2)13-26(20)38-29(27)32-28(33)21-15-23(31-22-7-5-4-6-19(21)22)18-9-11-24-25(14-18)37-16-36-24/h4-7,9,11,14-15,17H,3,8,10,12-13,16H2,1-2H3,(H,32,33). The summed E-state index contributed by atoms with van der Waals surface area (Å²) < 4.78 is 16.5. The van der Waals surface area contributed by atoms with E-state index in [0.29, 0.717) is 51.4 Å². The first kappa shape index (κ1) is 24.4. The predicted octanol–water partition coefficient (Wildman–Crippen LogP) is 6.64. The van der Waals surface area contributed by atoms with E-state index in [-0.39, 0.29) is 18.7 Å². The van der Waals surface area contributed by atoms with Crippen LogP contribution in [0.2, 0.25) is 0 Å². The summed E-state index contributed by atoms with van der Waals surface area (Å²) in [5.74, 6) is 1.22. The number of carbonyl (C=O) groups is 2. The molecule has 0 fully saturated rings. The van der Waals surface area contributed by atoms with Crippen molar-refractivity contribution in [1.82, 2.24) is 4.98 Å². The van der Waals surface area contributed by atoms with E-state index in [4.69, 9.17) is 19.2 Å². The van der Waals surface area contributed by atoms with Crippen molar-refractivity contribution in [2.75, 3.05) is 18.7 Å². The molecule has 0 saturated carbocycles. The van der Waals surface area contributed by atoms with E-state index in [2.05, 4.69) is 12.2 Å². The number of carbonyl (C=O) groups excluding carboxylic acids is 2. The Bertz CT molecular complexity index is 1560. The van der Waals surface area contributed by atoms with Gasteiger partial charge >= 0.3 is 5.97 Å². The highest BCUT2D eigenvalue weighted by Gasteiger charge is 2.30. The van der Waals surface area contributed by atoms with E-state index >= 15 is 0 Å². The molecule has 1 aliphatic carbocycles. The van der Waals surface area contributed by atoms with E-state index in [1.807, 2.05) is 49.4 Å². The molecule has 1 amide bonds. The van der Waals surface area contributed by atoms with Crippen molar-refractivity contribution in [2.45, 2.75) is 39.5 Å². The van der Waals surface area contributed by atoms with Crippen LogP contribution in [0.4, 0.5) is 5.00 Å². The molecule has 0 radical (unpaired) electrons. The Labute approximate surface area is 224 Å². The number of amides is 1. The van der Waals surface area contributed by atoms with Crippen LogP contribution in [0.3, 0.4) is 0 Å². The highest BCUT2D eigenvalue weighted by molar-refractivity contribution is 7.17. The number of anilines is 1. The average molecular weight is 529 g/mol. The minimum absolute atomic E-state index is 0.185. The summed E-state index contributed by atoms with van der Waals surface area (Å²) in [7, 11) is 0. The van der Waals surface area contributed by atoms with E-state index in [9.17, 15) is 9.59 Å². The van der Waals surface area contributed by atoms with Crippen LogP contribution in [-0.4, -0.2) is 30.3 Å². The van der Waals surface area contributed by atoms with E-state index in [0.717, 1.165) is 47.1 Å². The molecule has 3 heterocycles. The number of thiophene rings is 1. The van der Waals surface area contributed by atoms with Crippen molar-refractivity contribution in [3.8, 4) is 22.8 Å². The molecule has 0 spiro atoms. The van der Waals surface area contributed by atoms with Gasteiger partial charge in [0.15, 0.2) is 11.5 Å². The molecular formula is C30H28N2O5S. The third-order valence-electron chi connectivity index (χ3n) is 7.01. The minimum atomic E-state index is -0.366. The van der Waals surface area contributed by atoms with Gasteiger partial charge in [-0.15, -0.1) is 11.3 Å². The molecule has 2 aliphatic rings. The Morgan fingerprint density at radius 3 is 2.84 bits per heavy atom. The van der Waals surface area contributed by atoms with Crippen molar-refractivity contribution in [1.29, 1.82) is 0 Å². The number of para-hydroxylation sites is 1. The van der Waals surface area contributed by atoms with Crippen molar-refractivity contribution in [3.05, 3.63) is 70.1 Å². The first-order chi connectivity index (χ1) is 18.5. The van der Waals surface area contributed by atoms with Crippen molar-refractivity contribution < 1.29 is 23.8 Å². The Morgan fingerprint density at radius 1 is 1.13 bits per heavy atom. The maximum absolute atomic E-state index is 13.8. The molecule has 4 aromatic rings. The fraction of sp³-hybridized carbons (Fsp3) is 0.300. The number of benzene rings is 2. The zero-order chi connectivity index (χ0) is 26.2. The summed E-state index contributed by atoms with van der Waals surface area (Å²) in [4.78, 5) is 32.9. The Kier molecular flexibility index (Phi) is 6.49. The predicted molar refractivity (Wildman–Crippen MR) is 147 cm³/mol. The van der Waals surface area contributed by atoms with Crippen LogP contribution in [0.1, 0.15) is 57.8 Å². The molecule has 1 unspecified atom stereocenters. The van der Waals surface area contributed by atoms with Crippen LogP contribution in [0.25, 0.3) is 22.2 Å². The molecule has 1 N–H and O–H groups in total. The lowest BCUT2D eigenvalue weighted by Gasteiger charge is -2.18. The van der Waals surface area contributed by atoms with Crippen molar-refractivity contribution in [2.24, 2.45) is 5.92 Å². The summed E-state index contributed by atoms with van der Waals surface area (Å²) in [5.41, 5.74) is 4.18. The van der Waals surface area contributed by atoms with E-state index in [1.165, 1.54) is 11.3 Å².